The van der Waals surface area contributed by atoms with Crippen molar-refractivity contribution in [1.82, 2.24) is 4.90 Å². The molecule has 0 spiro atoms. The van der Waals surface area contributed by atoms with Crippen molar-refractivity contribution in [3.8, 4) is 0 Å². The monoisotopic (exact) mass is 351 g/mol. The summed E-state index contributed by atoms with van der Waals surface area (Å²) >= 11 is 0. The second-order valence-electron chi connectivity index (χ2n) is 6.73. The molecule has 1 saturated heterocycles. The fourth-order valence-electron chi connectivity index (χ4n) is 3.26. The average Bonchev–Trinajstić information content (AvgIpc) is 2.69. The molecule has 3 rings (SSSR count). The molecular formula is C21H25N3O2. The lowest BCUT2D eigenvalue weighted by Crippen LogP contribution is -2.47. The van der Waals surface area contributed by atoms with Crippen molar-refractivity contribution in [2.24, 2.45) is 5.92 Å². The number of nitrogens with one attached hydrogen (secondary N) is 1. The Labute approximate surface area is 154 Å². The molecule has 5 nitrogen and oxygen atoms in total. The molecule has 1 aliphatic rings. The Morgan fingerprint density at radius 3 is 2.42 bits per heavy atom. The van der Waals surface area contributed by atoms with Gasteiger partial charge in [-0.2, -0.15) is 0 Å². The molecule has 1 aliphatic heterocycles. The highest BCUT2D eigenvalue weighted by atomic mass is 16.2. The van der Waals surface area contributed by atoms with Crippen LogP contribution in [-0.2, 0) is 9.59 Å². The maximum absolute atomic E-state index is 12.7. The van der Waals surface area contributed by atoms with Gasteiger partial charge in [-0.3, -0.25) is 9.59 Å². The topological polar surface area (TPSA) is 52.7 Å². The van der Waals surface area contributed by atoms with Crippen LogP contribution in [0, 0.1) is 5.92 Å². The number of piperidine rings is 1. The van der Waals surface area contributed by atoms with Crippen LogP contribution in [0.1, 0.15) is 12.8 Å². The Hall–Kier alpha value is -2.82. The van der Waals surface area contributed by atoms with Crippen molar-refractivity contribution in [3.63, 3.8) is 0 Å². The van der Waals surface area contributed by atoms with E-state index in [-0.39, 0.29) is 17.7 Å². The molecule has 1 fully saturated rings. The molecule has 1 N–H and O–H groups in total. The quantitative estimate of drug-likeness (QED) is 0.901. The SMILES string of the molecule is CN(CC(=O)N1CCCC(C(=O)Nc2ccccc2)C1)c1ccccc1. The molecule has 0 saturated carbocycles. The first kappa shape index (κ1) is 18.0. The Bertz CT molecular complexity index is 733. The molecule has 136 valence electrons. The number of hydrogen-bond donors (Lipinski definition) is 1. The Morgan fingerprint density at radius 2 is 1.73 bits per heavy atom. The van der Waals surface area contributed by atoms with Gasteiger partial charge in [-0.15, -0.1) is 0 Å². The number of nitrogens with zero attached hydrogens (tertiary/aromatic N) is 2. The van der Waals surface area contributed by atoms with Gasteiger partial charge in [0.05, 0.1) is 12.5 Å². The van der Waals surface area contributed by atoms with E-state index in [1.54, 1.807) is 0 Å². The molecule has 0 aliphatic carbocycles. The molecule has 2 aromatic carbocycles. The minimum Gasteiger partial charge on any atom is -0.365 e. The molecule has 1 unspecified atom stereocenters. The van der Waals surface area contributed by atoms with E-state index in [1.165, 1.54) is 0 Å². The van der Waals surface area contributed by atoms with Crippen LogP contribution >= 0.6 is 0 Å². The first-order valence-corrected chi connectivity index (χ1v) is 9.03. The van der Waals surface area contributed by atoms with Crippen LogP contribution in [0.2, 0.25) is 0 Å². The van der Waals surface area contributed by atoms with Crippen LogP contribution < -0.4 is 10.2 Å². The Morgan fingerprint density at radius 1 is 1.08 bits per heavy atom. The summed E-state index contributed by atoms with van der Waals surface area (Å²) in [6, 6.07) is 19.3. The van der Waals surface area contributed by atoms with E-state index in [2.05, 4.69) is 5.32 Å². The van der Waals surface area contributed by atoms with Gasteiger partial charge in [-0.25, -0.2) is 0 Å². The average molecular weight is 351 g/mol. The summed E-state index contributed by atoms with van der Waals surface area (Å²) in [5, 5.41) is 2.95. The van der Waals surface area contributed by atoms with Gasteiger partial charge in [0.15, 0.2) is 0 Å². The van der Waals surface area contributed by atoms with E-state index in [0.29, 0.717) is 13.1 Å². The van der Waals surface area contributed by atoms with E-state index in [4.69, 9.17) is 0 Å². The van der Waals surface area contributed by atoms with Crippen LogP contribution in [0.4, 0.5) is 11.4 Å². The molecule has 2 aromatic rings. The molecule has 1 atom stereocenters. The summed E-state index contributed by atoms with van der Waals surface area (Å²) in [7, 11) is 1.91. The minimum atomic E-state index is -0.157. The number of anilines is 2. The van der Waals surface area contributed by atoms with Crippen molar-refractivity contribution in [2.45, 2.75) is 12.8 Å². The lowest BCUT2D eigenvalue weighted by Gasteiger charge is -2.33. The predicted octanol–water partition coefficient (Wildman–Crippen LogP) is 3.00. The fraction of sp³-hybridized carbons (Fsp3) is 0.333. The third-order valence-corrected chi connectivity index (χ3v) is 4.76. The Kier molecular flexibility index (Phi) is 5.89. The van der Waals surface area contributed by atoms with Gasteiger partial charge in [0, 0.05) is 31.5 Å². The van der Waals surface area contributed by atoms with Crippen LogP contribution in [0.3, 0.4) is 0 Å². The van der Waals surface area contributed by atoms with Gasteiger partial charge < -0.3 is 15.1 Å². The molecular weight excluding hydrogens is 326 g/mol. The number of carbonyl (C=O) groups is 2. The zero-order valence-corrected chi connectivity index (χ0v) is 15.1. The number of likely N-dealkylation sites (tertiary alicyclic amines) is 1. The van der Waals surface area contributed by atoms with Crippen LogP contribution in [-0.4, -0.2) is 43.4 Å². The fourth-order valence-corrected chi connectivity index (χ4v) is 3.26. The van der Waals surface area contributed by atoms with Crippen molar-refractivity contribution < 1.29 is 9.59 Å². The van der Waals surface area contributed by atoms with Crippen molar-refractivity contribution in [1.29, 1.82) is 0 Å². The zero-order valence-electron chi connectivity index (χ0n) is 15.1. The summed E-state index contributed by atoms with van der Waals surface area (Å²) in [5.74, 6) is -0.103. The van der Waals surface area contributed by atoms with E-state index in [1.807, 2.05) is 77.5 Å². The third-order valence-electron chi connectivity index (χ3n) is 4.76. The minimum absolute atomic E-state index is 0.00915. The van der Waals surface area contributed by atoms with Crippen LogP contribution in [0.25, 0.3) is 0 Å². The third kappa shape index (κ3) is 4.63. The van der Waals surface area contributed by atoms with Crippen molar-refractivity contribution in [3.05, 3.63) is 60.7 Å². The van der Waals surface area contributed by atoms with E-state index < -0.39 is 0 Å². The standard InChI is InChI=1S/C21H25N3O2/c1-23(19-12-6-3-7-13-19)16-20(25)24-14-8-9-17(15-24)21(26)22-18-10-4-2-5-11-18/h2-7,10-13,17H,8-9,14-16H2,1H3,(H,22,26). The molecule has 0 radical (unpaired) electrons. The number of para-hydroxylation sites is 2. The number of amides is 2. The lowest BCUT2D eigenvalue weighted by atomic mass is 9.97. The van der Waals surface area contributed by atoms with Gasteiger partial charge in [-0.05, 0) is 37.1 Å². The molecule has 0 aromatic heterocycles. The molecule has 2 amide bonds. The second kappa shape index (κ2) is 8.52. The zero-order chi connectivity index (χ0) is 18.4. The van der Waals surface area contributed by atoms with Gasteiger partial charge in [0.1, 0.15) is 0 Å². The number of benzene rings is 2. The number of hydrogen-bond acceptors (Lipinski definition) is 3. The number of likely N-dealkylation sites (N-methyl/N-ethyl adjacent to an activating group) is 1. The highest BCUT2D eigenvalue weighted by Crippen LogP contribution is 2.20. The van der Waals surface area contributed by atoms with Crippen molar-refractivity contribution >= 4 is 23.2 Å². The highest BCUT2D eigenvalue weighted by Gasteiger charge is 2.28. The first-order valence-electron chi connectivity index (χ1n) is 9.03. The maximum Gasteiger partial charge on any atom is 0.242 e. The largest absolute Gasteiger partial charge is 0.365 e. The summed E-state index contributed by atoms with van der Waals surface area (Å²) in [6.45, 7) is 1.52. The number of carbonyl (C=O) groups excluding carboxylic acids is 2. The molecule has 1 heterocycles. The van der Waals surface area contributed by atoms with Gasteiger partial charge in [0.2, 0.25) is 11.8 Å². The second-order valence-corrected chi connectivity index (χ2v) is 6.73. The normalized spacial score (nSPS) is 16.8. The highest BCUT2D eigenvalue weighted by molar-refractivity contribution is 5.93. The van der Waals surface area contributed by atoms with E-state index in [9.17, 15) is 9.59 Å². The van der Waals surface area contributed by atoms with Gasteiger partial charge in [-0.1, -0.05) is 36.4 Å². The summed E-state index contributed by atoms with van der Waals surface area (Å²) in [6.07, 6.45) is 1.67. The summed E-state index contributed by atoms with van der Waals surface area (Å²) < 4.78 is 0. The first-order chi connectivity index (χ1) is 12.6. The molecule has 5 heteroatoms. The predicted molar refractivity (Wildman–Crippen MR) is 104 cm³/mol. The van der Waals surface area contributed by atoms with Crippen LogP contribution in [0.15, 0.2) is 60.7 Å². The van der Waals surface area contributed by atoms with Gasteiger partial charge >= 0.3 is 0 Å². The lowest BCUT2D eigenvalue weighted by molar-refractivity contribution is -0.133. The van der Waals surface area contributed by atoms with Crippen molar-refractivity contribution in [2.75, 3.05) is 36.9 Å². The summed E-state index contributed by atoms with van der Waals surface area (Å²) in [4.78, 5) is 28.9. The van der Waals surface area contributed by atoms with Crippen LogP contribution in [0.5, 0.6) is 0 Å². The smallest absolute Gasteiger partial charge is 0.242 e. The van der Waals surface area contributed by atoms with E-state index in [0.717, 1.165) is 30.8 Å². The molecule has 26 heavy (non-hydrogen) atoms. The number of rotatable bonds is 5. The Balaban J connectivity index is 1.55. The maximum atomic E-state index is 12.7. The molecule has 0 bridgehead atoms. The van der Waals surface area contributed by atoms with E-state index >= 15 is 0 Å². The summed E-state index contributed by atoms with van der Waals surface area (Å²) in [5.41, 5.74) is 1.81. The van der Waals surface area contributed by atoms with Gasteiger partial charge in [0.25, 0.3) is 0 Å².